The maximum atomic E-state index is 12.8. The van der Waals surface area contributed by atoms with Gasteiger partial charge in [-0.3, -0.25) is 9.59 Å². The molecular weight excluding hydrogens is 751 g/mol. The fourth-order valence-electron chi connectivity index (χ4n) is 6.88. The second-order valence-electron chi connectivity index (χ2n) is 17.3. The van der Waals surface area contributed by atoms with Gasteiger partial charge >= 0.3 is 11.9 Å². The van der Waals surface area contributed by atoms with Crippen LogP contribution in [0.1, 0.15) is 200 Å². The zero-order valence-corrected chi connectivity index (χ0v) is 39.4. The van der Waals surface area contributed by atoms with Crippen LogP contribution in [0.25, 0.3) is 0 Å². The molecular formula is C52H91NO7. The molecule has 0 rings (SSSR count). The molecule has 0 aromatic carbocycles. The number of ether oxygens (including phenoxy) is 3. The van der Waals surface area contributed by atoms with E-state index in [0.29, 0.717) is 12.8 Å². The highest BCUT2D eigenvalue weighted by Gasteiger charge is 2.25. The van der Waals surface area contributed by atoms with Crippen molar-refractivity contribution in [3.8, 4) is 0 Å². The minimum Gasteiger partial charge on any atom is -0.544 e. The van der Waals surface area contributed by atoms with Gasteiger partial charge in [-0.25, -0.2) is 0 Å². The number of nitrogens with zero attached hydrogens (tertiary/aromatic N) is 1. The number of hydrogen-bond donors (Lipinski definition) is 0. The molecule has 0 aromatic rings. The van der Waals surface area contributed by atoms with Crippen molar-refractivity contribution in [1.29, 1.82) is 0 Å². The topological polar surface area (TPSA) is 102 Å². The SMILES string of the molecule is CC/C=C\C/C=C\C/C=C\CCCCCCCCCC(=O)OC(COCCC(C(=O)[O-])[N+](C)(C)C)COC(=O)CCCCCCCCCCC/C=C\C/C=C\CCCCC. The van der Waals surface area contributed by atoms with E-state index in [1.807, 2.05) is 0 Å². The van der Waals surface area contributed by atoms with E-state index in [0.717, 1.165) is 77.0 Å². The van der Waals surface area contributed by atoms with Crippen molar-refractivity contribution >= 4 is 17.9 Å². The summed E-state index contributed by atoms with van der Waals surface area (Å²) in [6.07, 6.45) is 52.4. The predicted molar refractivity (Wildman–Crippen MR) is 249 cm³/mol. The van der Waals surface area contributed by atoms with E-state index in [2.05, 4.69) is 74.6 Å². The number of aliphatic carboxylic acids is 1. The minimum atomic E-state index is -1.13. The number of carboxylic acid groups (broad SMARTS) is 1. The van der Waals surface area contributed by atoms with Crippen LogP contribution in [0, 0.1) is 0 Å². The molecule has 60 heavy (non-hydrogen) atoms. The van der Waals surface area contributed by atoms with Gasteiger partial charge in [-0.05, 0) is 77.0 Å². The van der Waals surface area contributed by atoms with Crippen LogP contribution in [0.3, 0.4) is 0 Å². The smallest absolute Gasteiger partial charge is 0.306 e. The lowest BCUT2D eigenvalue weighted by molar-refractivity contribution is -0.889. The first-order chi connectivity index (χ1) is 29.1. The molecule has 0 aliphatic rings. The Hall–Kier alpha value is -2.97. The number of rotatable bonds is 43. The lowest BCUT2D eigenvalue weighted by Crippen LogP contribution is -2.55. The largest absolute Gasteiger partial charge is 0.544 e. The molecule has 0 amide bonds. The molecule has 8 nitrogen and oxygen atoms in total. The van der Waals surface area contributed by atoms with Crippen molar-refractivity contribution in [1.82, 2.24) is 0 Å². The molecule has 0 bridgehead atoms. The normalized spacial score (nSPS) is 13.4. The number of carboxylic acids is 1. The number of carbonyl (C=O) groups is 3. The third kappa shape index (κ3) is 40.4. The molecule has 0 aliphatic carbocycles. The van der Waals surface area contributed by atoms with E-state index in [1.165, 1.54) is 89.9 Å². The van der Waals surface area contributed by atoms with Crippen LogP contribution in [0.4, 0.5) is 0 Å². The second-order valence-corrected chi connectivity index (χ2v) is 17.3. The van der Waals surface area contributed by atoms with Crippen LogP contribution >= 0.6 is 0 Å². The van der Waals surface area contributed by atoms with E-state index < -0.39 is 18.1 Å². The Labute approximate surface area is 368 Å². The molecule has 0 heterocycles. The summed E-state index contributed by atoms with van der Waals surface area (Å²) in [6.45, 7) is 4.52. The van der Waals surface area contributed by atoms with Crippen LogP contribution in [-0.2, 0) is 28.6 Å². The van der Waals surface area contributed by atoms with E-state index >= 15 is 0 Å². The molecule has 0 spiro atoms. The van der Waals surface area contributed by atoms with Crippen LogP contribution in [0.2, 0.25) is 0 Å². The van der Waals surface area contributed by atoms with Gasteiger partial charge in [0, 0.05) is 19.3 Å². The van der Waals surface area contributed by atoms with Crippen molar-refractivity contribution in [3.05, 3.63) is 60.8 Å². The molecule has 0 saturated heterocycles. The van der Waals surface area contributed by atoms with E-state index in [4.69, 9.17) is 14.2 Å². The first-order valence-electron chi connectivity index (χ1n) is 24.3. The number of esters is 2. The van der Waals surface area contributed by atoms with Crippen LogP contribution in [0.15, 0.2) is 60.8 Å². The highest BCUT2D eigenvalue weighted by molar-refractivity contribution is 5.70. The second kappa shape index (κ2) is 42.7. The molecule has 0 saturated carbocycles. The fourth-order valence-corrected chi connectivity index (χ4v) is 6.88. The monoisotopic (exact) mass is 842 g/mol. The van der Waals surface area contributed by atoms with Gasteiger partial charge in [-0.2, -0.15) is 0 Å². The molecule has 2 atom stereocenters. The summed E-state index contributed by atoms with van der Waals surface area (Å²) in [7, 11) is 5.40. The fraction of sp³-hybridized carbons (Fsp3) is 0.750. The zero-order valence-electron chi connectivity index (χ0n) is 39.4. The first-order valence-corrected chi connectivity index (χ1v) is 24.3. The molecule has 0 fully saturated rings. The minimum absolute atomic E-state index is 0.0337. The predicted octanol–water partition coefficient (Wildman–Crippen LogP) is 12.4. The molecule has 0 N–H and O–H groups in total. The molecule has 0 radical (unpaired) electrons. The van der Waals surface area contributed by atoms with E-state index in [1.54, 1.807) is 21.1 Å². The average molecular weight is 842 g/mol. The third-order valence-corrected chi connectivity index (χ3v) is 10.6. The van der Waals surface area contributed by atoms with Crippen molar-refractivity contribution in [2.45, 2.75) is 212 Å². The Bertz CT molecular complexity index is 1170. The standard InChI is InChI=1S/C52H91NO7/c1-6-8-10-12-14-16-18-20-22-24-25-27-28-30-32-34-36-38-40-42-50(54)59-47-48(46-58-45-44-49(52(56)57)53(3,4)5)60-51(55)43-41-39-37-35-33-31-29-26-23-21-19-17-15-13-11-9-7-2/h9,11,14-17,20-23,48-49H,6-8,10,12-13,18-19,24-47H2,1-5H3/b11-9-,16-14-,17-15-,22-20-,23-21-. The van der Waals surface area contributed by atoms with Gasteiger partial charge in [-0.1, -0.05) is 164 Å². The average Bonchev–Trinajstić information content (AvgIpc) is 3.21. The summed E-state index contributed by atoms with van der Waals surface area (Å²) in [4.78, 5) is 37.0. The van der Waals surface area contributed by atoms with E-state index in [9.17, 15) is 19.5 Å². The zero-order chi connectivity index (χ0) is 44.2. The highest BCUT2D eigenvalue weighted by Crippen LogP contribution is 2.14. The van der Waals surface area contributed by atoms with Crippen LogP contribution in [0.5, 0.6) is 0 Å². The maximum Gasteiger partial charge on any atom is 0.306 e. The molecule has 346 valence electrons. The molecule has 2 unspecified atom stereocenters. The van der Waals surface area contributed by atoms with Gasteiger partial charge < -0.3 is 28.6 Å². The van der Waals surface area contributed by atoms with Gasteiger partial charge in [-0.15, -0.1) is 0 Å². The van der Waals surface area contributed by atoms with Gasteiger partial charge in [0.15, 0.2) is 6.10 Å². The number of carbonyl (C=O) groups excluding carboxylic acids is 3. The summed E-state index contributed by atoms with van der Waals surface area (Å²) in [6, 6.07) is -0.730. The van der Waals surface area contributed by atoms with Crippen LogP contribution in [-0.4, -0.2) is 75.5 Å². The maximum absolute atomic E-state index is 12.8. The van der Waals surface area contributed by atoms with Crippen molar-refractivity contribution in [3.63, 3.8) is 0 Å². The van der Waals surface area contributed by atoms with Crippen molar-refractivity contribution < 1.29 is 38.2 Å². The van der Waals surface area contributed by atoms with Crippen molar-refractivity contribution in [2.75, 3.05) is 41.0 Å². The summed E-state index contributed by atoms with van der Waals surface area (Å²) in [5.41, 5.74) is 0. The number of allylic oxidation sites excluding steroid dienone is 10. The summed E-state index contributed by atoms with van der Waals surface area (Å²) >= 11 is 0. The Kier molecular flexibility index (Phi) is 40.6. The summed E-state index contributed by atoms with van der Waals surface area (Å²) < 4.78 is 17.2. The van der Waals surface area contributed by atoms with Gasteiger partial charge in [0.05, 0.1) is 40.3 Å². The van der Waals surface area contributed by atoms with Crippen LogP contribution < -0.4 is 5.11 Å². The molecule has 0 aromatic heterocycles. The van der Waals surface area contributed by atoms with Gasteiger partial charge in [0.1, 0.15) is 12.6 Å². The Morgan fingerprint density at radius 1 is 0.517 bits per heavy atom. The summed E-state index contributed by atoms with van der Waals surface area (Å²) in [5.74, 6) is -1.75. The first kappa shape index (κ1) is 57.0. The number of quaternary nitrogens is 1. The van der Waals surface area contributed by atoms with E-state index in [-0.39, 0.29) is 42.7 Å². The lowest BCUT2D eigenvalue weighted by atomic mass is 10.1. The molecule has 8 heteroatoms. The molecule has 0 aliphatic heterocycles. The van der Waals surface area contributed by atoms with Gasteiger partial charge in [0.2, 0.25) is 0 Å². The highest BCUT2D eigenvalue weighted by atomic mass is 16.6. The van der Waals surface area contributed by atoms with Crippen molar-refractivity contribution in [2.24, 2.45) is 0 Å². The quantitative estimate of drug-likeness (QED) is 0.0261. The Morgan fingerprint density at radius 2 is 0.933 bits per heavy atom. The number of likely N-dealkylation sites (N-methyl/N-ethyl adjacent to an activating group) is 1. The number of unbranched alkanes of at least 4 members (excludes halogenated alkanes) is 19. The van der Waals surface area contributed by atoms with Gasteiger partial charge in [0.25, 0.3) is 0 Å². The Balaban J connectivity index is 4.30. The Morgan fingerprint density at radius 3 is 1.38 bits per heavy atom. The summed E-state index contributed by atoms with van der Waals surface area (Å²) in [5, 5.41) is 11.6. The number of hydrogen-bond acceptors (Lipinski definition) is 7. The lowest BCUT2D eigenvalue weighted by Gasteiger charge is -2.34. The third-order valence-electron chi connectivity index (χ3n) is 10.6.